The summed E-state index contributed by atoms with van der Waals surface area (Å²) in [5, 5.41) is 1.10. The molecule has 0 aliphatic carbocycles. The third-order valence-electron chi connectivity index (χ3n) is 2.64. The Labute approximate surface area is 102 Å². The van der Waals surface area contributed by atoms with Gasteiger partial charge in [-0.15, -0.1) is 0 Å². The van der Waals surface area contributed by atoms with Gasteiger partial charge in [0.2, 0.25) is 0 Å². The molecule has 0 aliphatic rings. The smallest absolute Gasteiger partial charge is 0.0393 e. The molecule has 1 nitrogen and oxygen atoms in total. The van der Waals surface area contributed by atoms with Gasteiger partial charge in [0, 0.05) is 24.6 Å². The fraction of sp³-hybridized carbons (Fsp3) is 0.538. The molecule has 0 saturated carbocycles. The molecular formula is C13H20BrN. The van der Waals surface area contributed by atoms with Crippen LogP contribution in [0.15, 0.2) is 18.2 Å². The first kappa shape index (κ1) is 12.6. The summed E-state index contributed by atoms with van der Waals surface area (Å²) in [5.74, 6) is 0. The average molecular weight is 270 g/mol. The Kier molecular flexibility index (Phi) is 5.16. The van der Waals surface area contributed by atoms with E-state index >= 15 is 0 Å². The van der Waals surface area contributed by atoms with Crippen molar-refractivity contribution in [2.75, 3.05) is 23.8 Å². The molecular weight excluding hydrogens is 250 g/mol. The maximum atomic E-state index is 3.46. The van der Waals surface area contributed by atoms with Gasteiger partial charge in [-0.2, -0.15) is 0 Å². The van der Waals surface area contributed by atoms with E-state index in [9.17, 15) is 0 Å². The molecule has 0 spiro atoms. The Bertz CT molecular complexity index is 309. The van der Waals surface area contributed by atoms with Gasteiger partial charge in [0.25, 0.3) is 0 Å². The molecule has 1 aromatic carbocycles. The summed E-state index contributed by atoms with van der Waals surface area (Å²) in [5.41, 5.74) is 4.07. The van der Waals surface area contributed by atoms with Crippen LogP contribution < -0.4 is 4.90 Å². The number of unbranched alkanes of at least 4 members (excludes halogenated alkanes) is 1. The molecule has 0 atom stereocenters. The molecule has 0 aromatic heterocycles. The number of hydrogen-bond acceptors (Lipinski definition) is 1. The zero-order chi connectivity index (χ0) is 11.3. The molecule has 0 N–H and O–H groups in total. The molecule has 0 fully saturated rings. The van der Waals surface area contributed by atoms with Crippen molar-refractivity contribution in [1.82, 2.24) is 0 Å². The highest BCUT2D eigenvalue weighted by atomic mass is 79.9. The predicted octanol–water partition coefficient (Wildman–Crippen LogP) is 3.91. The summed E-state index contributed by atoms with van der Waals surface area (Å²) in [6, 6.07) is 6.65. The van der Waals surface area contributed by atoms with Crippen LogP contribution in [0.4, 0.5) is 5.69 Å². The molecule has 84 valence electrons. The monoisotopic (exact) mass is 269 g/mol. The van der Waals surface area contributed by atoms with Crippen molar-refractivity contribution in [2.45, 2.75) is 26.7 Å². The lowest BCUT2D eigenvalue weighted by molar-refractivity contribution is 0.773. The first-order valence-corrected chi connectivity index (χ1v) is 6.61. The number of halogens is 1. The lowest BCUT2D eigenvalue weighted by Crippen LogP contribution is -2.19. The number of hydrogen-bond donors (Lipinski definition) is 0. The van der Waals surface area contributed by atoms with E-state index < -0.39 is 0 Å². The highest BCUT2D eigenvalue weighted by molar-refractivity contribution is 9.09. The van der Waals surface area contributed by atoms with Crippen LogP contribution in [-0.4, -0.2) is 18.9 Å². The molecule has 0 radical (unpaired) electrons. The van der Waals surface area contributed by atoms with Crippen molar-refractivity contribution in [3.8, 4) is 0 Å². The fourth-order valence-corrected chi connectivity index (χ4v) is 2.19. The van der Waals surface area contributed by atoms with Crippen LogP contribution in [0.2, 0.25) is 0 Å². The van der Waals surface area contributed by atoms with E-state index in [2.05, 4.69) is 59.9 Å². The highest BCUT2D eigenvalue weighted by Crippen LogP contribution is 2.20. The van der Waals surface area contributed by atoms with Crippen LogP contribution in [0.1, 0.15) is 24.0 Å². The van der Waals surface area contributed by atoms with Crippen LogP contribution in [0.5, 0.6) is 0 Å². The second-order valence-corrected chi connectivity index (χ2v) is 4.90. The van der Waals surface area contributed by atoms with Crippen molar-refractivity contribution in [3.63, 3.8) is 0 Å². The van der Waals surface area contributed by atoms with Crippen LogP contribution in [0, 0.1) is 13.8 Å². The number of nitrogens with zero attached hydrogens (tertiary/aromatic N) is 1. The maximum absolute atomic E-state index is 3.46. The molecule has 2 heteroatoms. The van der Waals surface area contributed by atoms with Crippen LogP contribution in [0.3, 0.4) is 0 Å². The van der Waals surface area contributed by atoms with E-state index in [1.165, 1.54) is 29.7 Å². The summed E-state index contributed by atoms with van der Waals surface area (Å²) in [4.78, 5) is 2.34. The Morgan fingerprint density at radius 1 is 1.20 bits per heavy atom. The van der Waals surface area contributed by atoms with Gasteiger partial charge >= 0.3 is 0 Å². The first-order valence-electron chi connectivity index (χ1n) is 5.49. The lowest BCUT2D eigenvalue weighted by atomic mass is 10.1. The molecule has 0 aliphatic heterocycles. The minimum Gasteiger partial charge on any atom is -0.374 e. The zero-order valence-electron chi connectivity index (χ0n) is 9.89. The van der Waals surface area contributed by atoms with Crippen molar-refractivity contribution in [1.29, 1.82) is 0 Å². The van der Waals surface area contributed by atoms with Gasteiger partial charge in [-0.3, -0.25) is 0 Å². The Morgan fingerprint density at radius 3 is 2.53 bits per heavy atom. The van der Waals surface area contributed by atoms with Gasteiger partial charge in [-0.25, -0.2) is 0 Å². The second kappa shape index (κ2) is 6.16. The topological polar surface area (TPSA) is 3.24 Å². The molecule has 0 unspecified atom stereocenters. The summed E-state index contributed by atoms with van der Waals surface area (Å²) in [6.07, 6.45) is 2.49. The number of aryl methyl sites for hydroxylation is 2. The van der Waals surface area contributed by atoms with Gasteiger partial charge < -0.3 is 4.90 Å². The Morgan fingerprint density at radius 2 is 1.93 bits per heavy atom. The third kappa shape index (κ3) is 3.86. The summed E-state index contributed by atoms with van der Waals surface area (Å²) < 4.78 is 0. The van der Waals surface area contributed by atoms with E-state index in [1.54, 1.807) is 0 Å². The summed E-state index contributed by atoms with van der Waals surface area (Å²) in [6.45, 7) is 5.46. The average Bonchev–Trinajstić information content (AvgIpc) is 2.17. The predicted molar refractivity (Wildman–Crippen MR) is 72.2 cm³/mol. The van der Waals surface area contributed by atoms with E-state index in [-0.39, 0.29) is 0 Å². The van der Waals surface area contributed by atoms with Crippen LogP contribution in [-0.2, 0) is 0 Å². The molecule has 1 rings (SSSR count). The number of rotatable bonds is 5. The molecule has 1 aromatic rings. The van der Waals surface area contributed by atoms with Gasteiger partial charge in [0.1, 0.15) is 0 Å². The van der Waals surface area contributed by atoms with Gasteiger partial charge in [-0.05, 0) is 38.3 Å². The summed E-state index contributed by atoms with van der Waals surface area (Å²) >= 11 is 3.46. The molecule has 0 amide bonds. The van der Waals surface area contributed by atoms with Gasteiger partial charge in [0.15, 0.2) is 0 Å². The fourth-order valence-electron chi connectivity index (χ4n) is 1.80. The van der Waals surface area contributed by atoms with Crippen molar-refractivity contribution in [3.05, 3.63) is 29.3 Å². The summed E-state index contributed by atoms with van der Waals surface area (Å²) in [7, 11) is 2.17. The number of benzene rings is 1. The Hall–Kier alpha value is -0.500. The molecule has 0 saturated heterocycles. The van der Waals surface area contributed by atoms with Crippen molar-refractivity contribution < 1.29 is 0 Å². The molecule has 0 heterocycles. The molecule has 0 bridgehead atoms. The number of anilines is 1. The van der Waals surface area contributed by atoms with Crippen molar-refractivity contribution >= 4 is 21.6 Å². The SMILES string of the molecule is Cc1ccc(N(C)CCCCBr)c(C)c1. The quantitative estimate of drug-likeness (QED) is 0.579. The van der Waals surface area contributed by atoms with E-state index in [4.69, 9.17) is 0 Å². The standard InChI is InChI=1S/C13H20BrN/c1-11-6-7-13(12(2)10-11)15(3)9-5-4-8-14/h6-7,10H,4-5,8-9H2,1-3H3. The first-order chi connectivity index (χ1) is 7.15. The minimum atomic E-state index is 1.10. The van der Waals surface area contributed by atoms with Crippen LogP contribution >= 0.6 is 15.9 Å². The largest absolute Gasteiger partial charge is 0.374 e. The van der Waals surface area contributed by atoms with Crippen molar-refractivity contribution in [2.24, 2.45) is 0 Å². The third-order valence-corrected chi connectivity index (χ3v) is 3.20. The number of alkyl halides is 1. The van der Waals surface area contributed by atoms with Gasteiger partial charge in [0.05, 0.1) is 0 Å². The van der Waals surface area contributed by atoms with E-state index in [0.29, 0.717) is 0 Å². The Balaban J connectivity index is 2.61. The maximum Gasteiger partial charge on any atom is 0.0393 e. The lowest BCUT2D eigenvalue weighted by Gasteiger charge is -2.21. The van der Waals surface area contributed by atoms with Crippen LogP contribution in [0.25, 0.3) is 0 Å². The normalized spacial score (nSPS) is 10.4. The van der Waals surface area contributed by atoms with E-state index in [0.717, 1.165) is 11.9 Å². The van der Waals surface area contributed by atoms with Gasteiger partial charge in [-0.1, -0.05) is 33.6 Å². The minimum absolute atomic E-state index is 1.10. The second-order valence-electron chi connectivity index (χ2n) is 4.11. The zero-order valence-corrected chi connectivity index (χ0v) is 11.5. The van der Waals surface area contributed by atoms with E-state index in [1.807, 2.05) is 0 Å². The highest BCUT2D eigenvalue weighted by Gasteiger charge is 2.03. The molecule has 15 heavy (non-hydrogen) atoms.